The molecule has 35 heavy (non-hydrogen) atoms. The van der Waals surface area contributed by atoms with Crippen molar-refractivity contribution >= 4 is 5.71 Å². The van der Waals surface area contributed by atoms with Crippen LogP contribution in [0.15, 0.2) is 53.7 Å². The first-order valence-corrected chi connectivity index (χ1v) is 11.5. The molecular weight excluding hydrogens is 459 g/mol. The number of alkyl halides is 3. The van der Waals surface area contributed by atoms with Crippen LogP contribution in [-0.2, 0) is 4.84 Å². The number of allylic oxidation sites excluding steroid dienone is 1. The molecule has 2 aromatic carbocycles. The summed E-state index contributed by atoms with van der Waals surface area (Å²) < 4.78 is 57.5. The Bertz CT molecular complexity index is 995. The normalized spacial score (nSPS) is 14.0. The number of hydrogen-bond donors (Lipinski definition) is 0. The van der Waals surface area contributed by atoms with Crippen LogP contribution in [0.5, 0.6) is 17.2 Å². The number of nitrogens with zero attached hydrogens (tertiary/aromatic N) is 1. The first kappa shape index (κ1) is 28.1. The van der Waals surface area contributed by atoms with Crippen molar-refractivity contribution in [2.75, 3.05) is 13.7 Å². The van der Waals surface area contributed by atoms with E-state index in [2.05, 4.69) is 9.99 Å². The number of ether oxygens (including phenoxy) is 3. The van der Waals surface area contributed by atoms with Crippen LogP contribution in [0.4, 0.5) is 13.2 Å². The van der Waals surface area contributed by atoms with E-state index >= 15 is 0 Å². The van der Waals surface area contributed by atoms with Gasteiger partial charge in [-0.1, -0.05) is 29.4 Å². The average molecular weight is 494 g/mol. The molecule has 0 saturated carbocycles. The van der Waals surface area contributed by atoms with Gasteiger partial charge in [-0.25, -0.2) is 0 Å². The van der Waals surface area contributed by atoms with Crippen molar-refractivity contribution in [3.8, 4) is 17.2 Å². The van der Waals surface area contributed by atoms with E-state index in [-0.39, 0.29) is 17.8 Å². The molecule has 2 unspecified atom stereocenters. The van der Waals surface area contributed by atoms with E-state index in [1.807, 2.05) is 58.9 Å². The van der Waals surface area contributed by atoms with E-state index < -0.39 is 11.9 Å². The second kappa shape index (κ2) is 13.1. The van der Waals surface area contributed by atoms with Crippen LogP contribution in [-0.4, -0.2) is 37.8 Å². The van der Waals surface area contributed by atoms with Crippen molar-refractivity contribution in [2.24, 2.45) is 5.16 Å². The number of halogens is 3. The highest BCUT2D eigenvalue weighted by Crippen LogP contribution is 2.30. The van der Waals surface area contributed by atoms with Crippen LogP contribution in [0.1, 0.15) is 50.3 Å². The third-order valence-corrected chi connectivity index (χ3v) is 5.21. The van der Waals surface area contributed by atoms with Gasteiger partial charge in [-0.3, -0.25) is 0 Å². The Labute approximate surface area is 205 Å². The van der Waals surface area contributed by atoms with E-state index in [0.29, 0.717) is 25.2 Å². The summed E-state index contributed by atoms with van der Waals surface area (Å²) in [6, 6.07) is 9.66. The minimum absolute atomic E-state index is 0.0785. The van der Waals surface area contributed by atoms with Crippen molar-refractivity contribution in [3.63, 3.8) is 0 Å². The third-order valence-electron chi connectivity index (χ3n) is 5.21. The Hall–Kier alpha value is -3.16. The second-order valence-electron chi connectivity index (χ2n) is 8.35. The summed E-state index contributed by atoms with van der Waals surface area (Å²) in [4.78, 5) is 4.37. The summed E-state index contributed by atoms with van der Waals surface area (Å²) in [5, 5.41) is 3.13. The van der Waals surface area contributed by atoms with Crippen LogP contribution in [0, 0.1) is 13.8 Å². The van der Waals surface area contributed by atoms with Gasteiger partial charge in [0.25, 0.3) is 0 Å². The summed E-state index contributed by atoms with van der Waals surface area (Å²) >= 11 is 0. The zero-order chi connectivity index (χ0) is 26.0. The first-order valence-electron chi connectivity index (χ1n) is 11.5. The van der Waals surface area contributed by atoms with Gasteiger partial charge < -0.3 is 19.0 Å². The molecule has 0 heterocycles. The number of rotatable bonds is 12. The van der Waals surface area contributed by atoms with Gasteiger partial charge in [-0.05, 0) is 82.9 Å². The van der Waals surface area contributed by atoms with E-state index in [0.717, 1.165) is 29.7 Å². The van der Waals surface area contributed by atoms with Crippen LogP contribution < -0.4 is 14.2 Å². The van der Waals surface area contributed by atoms with Crippen LogP contribution >= 0.6 is 0 Å². The summed E-state index contributed by atoms with van der Waals surface area (Å²) in [6.07, 6.45) is 0.305. The molecular formula is C27H34F3NO4. The molecule has 0 N–H and O–H groups in total. The van der Waals surface area contributed by atoms with Gasteiger partial charge in [0.2, 0.25) is 0 Å². The average Bonchev–Trinajstić information content (AvgIpc) is 2.78. The molecule has 5 nitrogen and oxygen atoms in total. The van der Waals surface area contributed by atoms with Gasteiger partial charge >= 0.3 is 6.18 Å². The van der Waals surface area contributed by atoms with Crippen LogP contribution in [0.25, 0.3) is 0 Å². The quantitative estimate of drug-likeness (QED) is 0.178. The second-order valence-corrected chi connectivity index (χ2v) is 8.35. The third kappa shape index (κ3) is 8.85. The zero-order valence-electron chi connectivity index (χ0n) is 21.1. The lowest BCUT2D eigenvalue weighted by Gasteiger charge is -2.21. The molecule has 0 aliphatic heterocycles. The summed E-state index contributed by atoms with van der Waals surface area (Å²) in [5.74, 6) is 1.96. The topological polar surface area (TPSA) is 49.3 Å². The number of oxime groups is 1. The number of hydrogen-bond acceptors (Lipinski definition) is 5. The van der Waals surface area contributed by atoms with Gasteiger partial charge in [0.05, 0.1) is 12.2 Å². The Kier molecular flexibility index (Phi) is 10.5. The van der Waals surface area contributed by atoms with E-state index in [1.165, 1.54) is 18.2 Å². The maximum atomic E-state index is 13.2. The molecule has 0 fully saturated rings. The van der Waals surface area contributed by atoms with Crippen molar-refractivity contribution in [1.82, 2.24) is 0 Å². The molecule has 2 atom stereocenters. The van der Waals surface area contributed by atoms with Crippen LogP contribution in [0.2, 0.25) is 0 Å². The molecule has 0 radical (unpaired) electrons. The highest BCUT2D eigenvalue weighted by Gasteiger charge is 2.38. The Morgan fingerprint density at radius 2 is 1.60 bits per heavy atom. The monoisotopic (exact) mass is 493 g/mol. The van der Waals surface area contributed by atoms with Gasteiger partial charge in [0.1, 0.15) is 31.0 Å². The minimum atomic E-state index is -4.64. The summed E-state index contributed by atoms with van der Waals surface area (Å²) in [6.45, 7) is 10.3. The smallest absolute Gasteiger partial charge is 0.437 e. The van der Waals surface area contributed by atoms with Gasteiger partial charge in [0.15, 0.2) is 5.71 Å². The lowest BCUT2D eigenvalue weighted by molar-refractivity contribution is -0.0608. The molecule has 8 heteroatoms. The number of benzene rings is 2. The highest BCUT2D eigenvalue weighted by atomic mass is 19.4. The molecule has 0 amide bonds. The maximum Gasteiger partial charge on any atom is 0.437 e. The fourth-order valence-corrected chi connectivity index (χ4v) is 3.52. The standard InChI is InChI=1S/C27H34F3NO4/c1-7-8-14-33-24-15-18(2)25(19(3)16-24)35-21(5)13-12-20(4)34-23-11-9-10-22(17-23)26(31-32-6)27(28,29)30/h7-11,15-17,20-21H,12-14H2,1-6H3/b8-7+,31-26?. The summed E-state index contributed by atoms with van der Waals surface area (Å²) in [5.41, 5.74) is 0.757. The molecule has 0 bridgehead atoms. The Morgan fingerprint density at radius 1 is 0.971 bits per heavy atom. The van der Waals surface area contributed by atoms with E-state index in [4.69, 9.17) is 14.2 Å². The predicted molar refractivity (Wildman–Crippen MR) is 132 cm³/mol. The van der Waals surface area contributed by atoms with Crippen molar-refractivity contribution < 1.29 is 32.2 Å². The van der Waals surface area contributed by atoms with Gasteiger partial charge in [0, 0.05) is 5.56 Å². The maximum absolute atomic E-state index is 13.2. The van der Waals surface area contributed by atoms with E-state index in [9.17, 15) is 13.2 Å². The van der Waals surface area contributed by atoms with Gasteiger partial charge in [-0.2, -0.15) is 13.2 Å². The van der Waals surface area contributed by atoms with Crippen molar-refractivity contribution in [3.05, 3.63) is 65.2 Å². The molecule has 192 valence electrons. The number of aryl methyl sites for hydroxylation is 2. The Morgan fingerprint density at radius 3 is 2.17 bits per heavy atom. The first-order chi connectivity index (χ1) is 16.5. The van der Waals surface area contributed by atoms with Crippen LogP contribution in [0.3, 0.4) is 0 Å². The molecule has 0 saturated heterocycles. The SMILES string of the molecule is C/C=C/COc1cc(C)c(OC(C)CCC(C)Oc2cccc(C(=NOC)C(F)(F)F)c2)c(C)c1. The molecule has 0 aliphatic carbocycles. The minimum Gasteiger partial charge on any atom is -0.491 e. The lowest BCUT2D eigenvalue weighted by Crippen LogP contribution is -2.24. The fourth-order valence-electron chi connectivity index (χ4n) is 3.52. The highest BCUT2D eigenvalue weighted by molar-refractivity contribution is 6.04. The largest absolute Gasteiger partial charge is 0.491 e. The predicted octanol–water partition coefficient (Wildman–Crippen LogP) is 7.19. The summed E-state index contributed by atoms with van der Waals surface area (Å²) in [7, 11) is 1.08. The lowest BCUT2D eigenvalue weighted by atomic mass is 10.1. The molecule has 2 aromatic rings. The van der Waals surface area contributed by atoms with Crippen molar-refractivity contribution in [2.45, 2.75) is 65.8 Å². The zero-order valence-corrected chi connectivity index (χ0v) is 21.1. The van der Waals surface area contributed by atoms with Gasteiger partial charge in [-0.15, -0.1) is 0 Å². The molecule has 2 rings (SSSR count). The molecule has 0 aromatic heterocycles. The molecule has 0 aliphatic rings. The van der Waals surface area contributed by atoms with Crippen molar-refractivity contribution in [1.29, 1.82) is 0 Å². The van der Waals surface area contributed by atoms with E-state index in [1.54, 1.807) is 6.07 Å². The molecule has 0 spiro atoms. The fraction of sp³-hybridized carbons (Fsp3) is 0.444. The Balaban J connectivity index is 1.95.